The van der Waals surface area contributed by atoms with Gasteiger partial charge in [0.2, 0.25) is 5.91 Å². The van der Waals surface area contributed by atoms with E-state index in [4.69, 9.17) is 4.74 Å². The Kier molecular flexibility index (Phi) is 5.50. The van der Waals surface area contributed by atoms with Crippen molar-refractivity contribution in [3.63, 3.8) is 0 Å². The van der Waals surface area contributed by atoms with E-state index in [2.05, 4.69) is 15.0 Å². The Morgan fingerprint density at radius 3 is 2.71 bits per heavy atom. The van der Waals surface area contributed by atoms with Crippen LogP contribution in [-0.4, -0.2) is 74.9 Å². The summed E-state index contributed by atoms with van der Waals surface area (Å²) >= 11 is 0. The molecule has 1 aromatic rings. The maximum absolute atomic E-state index is 12.9. The van der Waals surface area contributed by atoms with Crippen LogP contribution in [0.25, 0.3) is 0 Å². The number of rotatable bonds is 4. The molecule has 2 fully saturated rings. The number of hydrogen-bond acceptors (Lipinski definition) is 5. The molecule has 2 aliphatic rings. The van der Waals surface area contributed by atoms with Gasteiger partial charge in [0.15, 0.2) is 0 Å². The highest BCUT2D eigenvalue weighted by Crippen LogP contribution is 2.21. The number of carbonyl (C=O) groups is 1. The zero-order chi connectivity index (χ0) is 17.1. The van der Waals surface area contributed by atoms with Gasteiger partial charge in [-0.15, -0.1) is 0 Å². The molecule has 0 bridgehead atoms. The Morgan fingerprint density at radius 1 is 1.29 bits per heavy atom. The van der Waals surface area contributed by atoms with Crippen molar-refractivity contribution in [2.45, 2.75) is 58.4 Å². The quantitative estimate of drug-likeness (QED) is 0.822. The third-order valence-corrected chi connectivity index (χ3v) is 5.10. The van der Waals surface area contributed by atoms with Crippen LogP contribution in [0.3, 0.4) is 0 Å². The molecule has 7 nitrogen and oxygen atoms in total. The fourth-order valence-corrected chi connectivity index (χ4v) is 3.97. The van der Waals surface area contributed by atoms with E-state index in [1.54, 1.807) is 12.7 Å². The van der Waals surface area contributed by atoms with E-state index in [1.807, 2.05) is 30.4 Å². The van der Waals surface area contributed by atoms with Gasteiger partial charge in [-0.2, -0.15) is 5.10 Å². The van der Waals surface area contributed by atoms with Gasteiger partial charge in [-0.3, -0.25) is 14.4 Å². The van der Waals surface area contributed by atoms with Gasteiger partial charge in [-0.25, -0.2) is 4.98 Å². The molecule has 0 unspecified atom stereocenters. The summed E-state index contributed by atoms with van der Waals surface area (Å²) in [6.45, 7) is 10.3. The first-order chi connectivity index (χ1) is 11.5. The number of morpholine rings is 1. The molecule has 0 aliphatic carbocycles. The maximum Gasteiger partial charge on any atom is 0.239 e. The van der Waals surface area contributed by atoms with Crippen molar-refractivity contribution in [2.75, 3.05) is 26.2 Å². The van der Waals surface area contributed by atoms with Crippen LogP contribution in [0.4, 0.5) is 0 Å². The fraction of sp³-hybridized carbons (Fsp3) is 0.824. The molecule has 1 amide bonds. The van der Waals surface area contributed by atoms with Gasteiger partial charge in [-0.05, 0) is 46.1 Å². The van der Waals surface area contributed by atoms with Crippen molar-refractivity contribution in [3.05, 3.63) is 12.7 Å². The molecule has 7 heteroatoms. The Morgan fingerprint density at radius 2 is 2.04 bits per heavy atom. The number of ether oxygens (including phenoxy) is 1. The summed E-state index contributed by atoms with van der Waals surface area (Å²) in [6.07, 6.45) is 5.89. The molecule has 3 heterocycles. The molecule has 0 aromatic carbocycles. The molecule has 1 aromatic heterocycles. The average molecular weight is 335 g/mol. The molecular formula is C17H29N5O2. The number of amides is 1. The van der Waals surface area contributed by atoms with Crippen molar-refractivity contribution < 1.29 is 9.53 Å². The van der Waals surface area contributed by atoms with Crippen LogP contribution in [-0.2, 0) is 16.1 Å². The monoisotopic (exact) mass is 335 g/mol. The minimum atomic E-state index is -0.0685. The third-order valence-electron chi connectivity index (χ3n) is 5.10. The third kappa shape index (κ3) is 4.13. The van der Waals surface area contributed by atoms with Crippen LogP contribution in [0.1, 0.15) is 33.6 Å². The second-order valence-electron chi connectivity index (χ2n) is 7.30. The fourth-order valence-electron chi connectivity index (χ4n) is 3.97. The Bertz CT molecular complexity index is 525. The number of hydrogen-bond donors (Lipinski definition) is 0. The van der Waals surface area contributed by atoms with Crippen LogP contribution in [0, 0.1) is 5.92 Å². The average Bonchev–Trinajstić information content (AvgIpc) is 3.06. The molecule has 4 atom stereocenters. The largest absolute Gasteiger partial charge is 0.372 e. The smallest absolute Gasteiger partial charge is 0.239 e. The highest BCUT2D eigenvalue weighted by molar-refractivity contribution is 5.81. The lowest BCUT2D eigenvalue weighted by atomic mass is 9.96. The lowest BCUT2D eigenvalue weighted by Gasteiger charge is -2.41. The first-order valence-electron chi connectivity index (χ1n) is 9.03. The topological polar surface area (TPSA) is 63.5 Å². The highest BCUT2D eigenvalue weighted by atomic mass is 16.5. The molecule has 3 rings (SSSR count). The van der Waals surface area contributed by atoms with E-state index in [1.165, 1.54) is 6.42 Å². The summed E-state index contributed by atoms with van der Waals surface area (Å²) in [5.41, 5.74) is 0. The molecular weight excluding hydrogens is 306 g/mol. The van der Waals surface area contributed by atoms with Crippen LogP contribution in [0.2, 0.25) is 0 Å². The van der Waals surface area contributed by atoms with Gasteiger partial charge in [0.1, 0.15) is 12.7 Å². The highest BCUT2D eigenvalue weighted by Gasteiger charge is 2.33. The Hall–Kier alpha value is -1.47. The number of piperidine rings is 1. The summed E-state index contributed by atoms with van der Waals surface area (Å²) in [5.74, 6) is 0.761. The molecule has 2 aliphatic heterocycles. The van der Waals surface area contributed by atoms with E-state index >= 15 is 0 Å². The lowest BCUT2D eigenvalue weighted by Crippen LogP contribution is -2.55. The van der Waals surface area contributed by atoms with E-state index in [0.29, 0.717) is 19.0 Å². The van der Waals surface area contributed by atoms with E-state index < -0.39 is 0 Å². The summed E-state index contributed by atoms with van der Waals surface area (Å²) in [4.78, 5) is 21.2. The lowest BCUT2D eigenvalue weighted by molar-refractivity contribution is -0.148. The van der Waals surface area contributed by atoms with Gasteiger partial charge in [-0.1, -0.05) is 0 Å². The number of aromatic nitrogens is 3. The van der Waals surface area contributed by atoms with Crippen molar-refractivity contribution in [1.82, 2.24) is 24.6 Å². The molecule has 0 spiro atoms. The second-order valence-corrected chi connectivity index (χ2v) is 7.30. The van der Waals surface area contributed by atoms with Crippen molar-refractivity contribution >= 4 is 5.91 Å². The standard InChI is InChI=1S/C17H29N5O2/c1-13-7-21(8-14(2)24-13)17(23)15(3)20-6-4-5-16(9-20)10-22-12-18-11-19-22/h11-16H,4-10H2,1-3H3/t13-,14-,15+,16-/m1/s1. The summed E-state index contributed by atoms with van der Waals surface area (Å²) < 4.78 is 7.64. The van der Waals surface area contributed by atoms with E-state index in [-0.39, 0.29) is 24.2 Å². The Labute approximate surface area is 144 Å². The van der Waals surface area contributed by atoms with Gasteiger partial charge in [0, 0.05) is 26.2 Å². The molecule has 2 saturated heterocycles. The summed E-state index contributed by atoms with van der Waals surface area (Å²) in [5, 5.41) is 4.20. The first kappa shape index (κ1) is 17.4. The van der Waals surface area contributed by atoms with Crippen LogP contribution in [0.5, 0.6) is 0 Å². The Balaban J connectivity index is 1.57. The van der Waals surface area contributed by atoms with E-state index in [9.17, 15) is 4.79 Å². The second kappa shape index (κ2) is 7.61. The van der Waals surface area contributed by atoms with Crippen LogP contribution < -0.4 is 0 Å². The van der Waals surface area contributed by atoms with Gasteiger partial charge < -0.3 is 9.64 Å². The zero-order valence-electron chi connectivity index (χ0n) is 15.0. The molecule has 0 saturated carbocycles. The van der Waals surface area contributed by atoms with Crippen molar-refractivity contribution in [2.24, 2.45) is 5.92 Å². The molecule has 0 N–H and O–H groups in total. The minimum absolute atomic E-state index is 0.0685. The van der Waals surface area contributed by atoms with Gasteiger partial charge in [0.25, 0.3) is 0 Å². The van der Waals surface area contributed by atoms with E-state index in [0.717, 1.165) is 26.1 Å². The number of nitrogens with zero attached hydrogens (tertiary/aromatic N) is 5. The molecule has 0 radical (unpaired) electrons. The first-order valence-corrected chi connectivity index (χ1v) is 9.03. The molecule has 24 heavy (non-hydrogen) atoms. The predicted octanol–water partition coefficient (Wildman–Crippen LogP) is 1.01. The minimum Gasteiger partial charge on any atom is -0.372 e. The predicted molar refractivity (Wildman–Crippen MR) is 90.4 cm³/mol. The van der Waals surface area contributed by atoms with Crippen LogP contribution in [0.15, 0.2) is 12.7 Å². The summed E-state index contributed by atoms with van der Waals surface area (Å²) in [7, 11) is 0. The van der Waals surface area contributed by atoms with Crippen LogP contribution >= 0.6 is 0 Å². The maximum atomic E-state index is 12.9. The SMILES string of the molecule is C[C@@H]1CN(C(=O)[C@H](C)N2CCC[C@@H](Cn3cncn3)C2)C[C@@H](C)O1. The summed E-state index contributed by atoms with van der Waals surface area (Å²) in [6, 6.07) is -0.0685. The van der Waals surface area contributed by atoms with Gasteiger partial charge >= 0.3 is 0 Å². The zero-order valence-corrected chi connectivity index (χ0v) is 15.0. The normalized spacial score (nSPS) is 30.3. The van der Waals surface area contributed by atoms with Crippen molar-refractivity contribution in [1.29, 1.82) is 0 Å². The molecule has 134 valence electrons. The number of likely N-dealkylation sites (tertiary alicyclic amines) is 1. The number of carbonyl (C=O) groups excluding carboxylic acids is 1. The van der Waals surface area contributed by atoms with Crippen molar-refractivity contribution in [3.8, 4) is 0 Å². The van der Waals surface area contributed by atoms with Gasteiger partial charge in [0.05, 0.1) is 18.2 Å².